The molecule has 12 heterocycles. The van der Waals surface area contributed by atoms with E-state index in [0.29, 0.717) is 5.58 Å². The molecule has 0 fully saturated rings. The smallest absolute Gasteiger partial charge is 0.656 e. The Labute approximate surface area is 845 Å². The van der Waals surface area contributed by atoms with Gasteiger partial charge in [-0.2, -0.15) is 0 Å². The average molecular weight is 2340 g/mol. The van der Waals surface area contributed by atoms with E-state index >= 15 is 0 Å². The molecule has 0 amide bonds. The minimum atomic E-state index is 0. The Morgan fingerprint density at radius 3 is 1.04 bits per heavy atom. The molecule has 0 unspecified atom stereocenters. The molecule has 15 nitrogen and oxygen atoms in total. The van der Waals surface area contributed by atoms with Crippen LogP contribution in [0, 0.1) is 18.2 Å². The first-order valence-electron chi connectivity index (χ1n) is 45.5. The number of fused-ring (bicyclic) bond motifs is 20. The molecular weight excluding hydrogens is 2260 g/mol. The Kier molecular flexibility index (Phi) is 23.1. The summed E-state index contributed by atoms with van der Waals surface area (Å²) in [6.07, 6.45) is 5.46. The zero-order valence-electron chi connectivity index (χ0n) is 74.2. The number of aromatic nitrogens is 10. The maximum atomic E-state index is 6.27. The Morgan fingerprint density at radius 2 is 0.579 bits per heavy atom. The van der Waals surface area contributed by atoms with Crippen LogP contribution in [0.4, 0.5) is 51.6 Å². The van der Waals surface area contributed by atoms with Crippen molar-refractivity contribution in [1.82, 2.24) is 49.4 Å². The van der Waals surface area contributed by atoms with Crippen LogP contribution in [-0.2, 0) is 63.2 Å². The molecule has 18 heteroatoms. The van der Waals surface area contributed by atoms with E-state index in [2.05, 4.69) is 329 Å². The molecule has 140 heavy (non-hydrogen) atoms. The van der Waals surface area contributed by atoms with E-state index in [-0.39, 0.29) is 63.2 Å². The van der Waals surface area contributed by atoms with Crippen LogP contribution in [0.2, 0.25) is 0 Å². The first kappa shape index (κ1) is 87.3. The number of pyridine rings is 6. The minimum absolute atomic E-state index is 0. The van der Waals surface area contributed by atoms with Crippen LogP contribution < -0.4 is 29.7 Å². The zero-order chi connectivity index (χ0) is 90.4. The maximum absolute atomic E-state index is 6.27. The van der Waals surface area contributed by atoms with E-state index in [1.54, 1.807) is 0 Å². The number of hydrogen-bond acceptors (Lipinski definition) is 11. The predicted molar refractivity (Wildman–Crippen MR) is 557 cm³/mol. The van der Waals surface area contributed by atoms with Crippen LogP contribution in [-0.4, -0.2) is 34.5 Å². The Morgan fingerprint density at radius 1 is 0.243 bits per heavy atom. The summed E-state index contributed by atoms with van der Waals surface area (Å²) in [5, 5.41) is 14.0. The Balaban J connectivity index is 0.000000116. The van der Waals surface area contributed by atoms with Crippen LogP contribution >= 0.6 is 0 Å². The number of nitrogens with zero attached hydrogens (tertiary/aromatic N) is 13. The molecule has 28 aromatic rings. The second-order valence-corrected chi connectivity index (χ2v) is 33.7. The molecule has 0 aliphatic heterocycles. The second-order valence-electron chi connectivity index (χ2n) is 33.7. The number of furan rings is 2. The van der Waals surface area contributed by atoms with Gasteiger partial charge in [0.05, 0.1) is 45.3 Å². The van der Waals surface area contributed by atoms with Gasteiger partial charge in [0.2, 0.25) is 0 Å². The third-order valence-corrected chi connectivity index (χ3v) is 25.7. The number of rotatable bonds is 14. The van der Waals surface area contributed by atoms with E-state index in [1.165, 1.54) is 0 Å². The van der Waals surface area contributed by atoms with Gasteiger partial charge in [-0.15, -0.1) is 87.7 Å². The summed E-state index contributed by atoms with van der Waals surface area (Å²) in [4.78, 5) is 51.5. The van der Waals surface area contributed by atoms with Crippen molar-refractivity contribution in [2.24, 2.45) is 0 Å². The molecule has 0 bridgehead atoms. The van der Waals surface area contributed by atoms with Gasteiger partial charge in [0.25, 0.3) is 0 Å². The monoisotopic (exact) mass is 2340 g/mol. The molecule has 0 aliphatic rings. The van der Waals surface area contributed by atoms with Gasteiger partial charge in [0.1, 0.15) is 17.5 Å². The van der Waals surface area contributed by atoms with Crippen LogP contribution in [0.3, 0.4) is 0 Å². The van der Waals surface area contributed by atoms with E-state index in [9.17, 15) is 0 Å². The second kappa shape index (κ2) is 37.0. The Bertz CT molecular complexity index is 9550. The SMILES string of the molecule is [Pt+2].[Pt+2].[Pt+2].[c-]1c(N(c2ccccn2)c2cccc3ccccc23)ccc2c1c1nc(-c3cccc4c3[n-]c3ccccc34)ccc1n2-c1ccccc1.[c-]1c(N(c2ccccn2)c2cccc3ccccc23)ccc2oc3ccc(-c4cccc5c4[n-]c4ccccc45)nc3c12.[c-]1c(N(c2ccccn2)c2ccccc2-c2ccccc2)ccc2oc3ccc(-c4cccc5c4[n-]c4ccccc45)nc3c12. The van der Waals surface area contributed by atoms with E-state index in [4.69, 9.17) is 53.7 Å². The minimum Gasteiger partial charge on any atom is -0.656 e. The number of anilines is 9. The molecule has 0 atom stereocenters. The van der Waals surface area contributed by atoms with E-state index in [0.717, 1.165) is 250 Å². The van der Waals surface area contributed by atoms with Gasteiger partial charge in [-0.25, -0.2) is 15.0 Å². The summed E-state index contributed by atoms with van der Waals surface area (Å²) >= 11 is 0. The molecule has 668 valence electrons. The van der Waals surface area contributed by atoms with Crippen molar-refractivity contribution in [1.29, 1.82) is 0 Å². The molecule has 0 spiro atoms. The van der Waals surface area contributed by atoms with Crippen molar-refractivity contribution in [3.63, 3.8) is 0 Å². The van der Waals surface area contributed by atoms with Crippen molar-refractivity contribution in [2.75, 3.05) is 14.7 Å². The average Bonchev–Trinajstić information content (AvgIpc) is 1.57. The van der Waals surface area contributed by atoms with Crippen molar-refractivity contribution >= 4 is 205 Å². The maximum Gasteiger partial charge on any atom is 2.00 e. The number of hydrogen-bond donors (Lipinski definition) is 0. The first-order valence-corrected chi connectivity index (χ1v) is 45.5. The largest absolute Gasteiger partial charge is 2.00 e. The van der Waals surface area contributed by atoms with Gasteiger partial charge in [0.15, 0.2) is 0 Å². The third kappa shape index (κ3) is 15.4. The molecular formula is C122H73N13O2Pt3. The molecule has 0 N–H and O–H groups in total. The predicted octanol–water partition coefficient (Wildman–Crippen LogP) is 30.9. The first-order chi connectivity index (χ1) is 67.9. The topological polar surface area (TPSA) is 161 Å². The van der Waals surface area contributed by atoms with Gasteiger partial charge in [-0.1, -0.05) is 301 Å². The van der Waals surface area contributed by atoms with Gasteiger partial charge in [0, 0.05) is 73.8 Å². The summed E-state index contributed by atoms with van der Waals surface area (Å²) in [5.74, 6) is 2.41. The van der Waals surface area contributed by atoms with Gasteiger partial charge in [-0.05, 0) is 191 Å². The quantitative estimate of drug-likeness (QED) is 0.0946. The molecule has 16 aromatic carbocycles. The van der Waals surface area contributed by atoms with Crippen molar-refractivity contribution in [2.45, 2.75) is 0 Å². The van der Waals surface area contributed by atoms with Crippen LogP contribution in [0.25, 0.3) is 204 Å². The molecule has 0 saturated heterocycles. The van der Waals surface area contributed by atoms with Crippen molar-refractivity contribution in [3.05, 3.63) is 461 Å². The third-order valence-electron chi connectivity index (χ3n) is 25.7. The van der Waals surface area contributed by atoms with E-state index in [1.807, 2.05) is 152 Å². The summed E-state index contributed by atoms with van der Waals surface area (Å²) < 4.78 is 14.8. The molecule has 0 saturated carbocycles. The number of benzene rings is 16. The Hall–Kier alpha value is -16.8. The van der Waals surface area contributed by atoms with E-state index < -0.39 is 0 Å². The van der Waals surface area contributed by atoms with Crippen molar-refractivity contribution < 1.29 is 72.0 Å². The normalized spacial score (nSPS) is 11.4. The summed E-state index contributed by atoms with van der Waals surface area (Å²) in [5.41, 5.74) is 27.6. The standard InChI is InChI=1S/C44H27N5.C40H24N4O.C38H22N4O.3Pt/c1-2-14-30(15-3-1)48-40-25-23-31(49(42-22-8-9-27-45-42)39-21-10-13-29-12-4-5-16-32(29)39)28-36(40)44-41(48)26-24-38(47-44)35-19-11-18-34-33-17-6-7-20-37(33)46-43(34)35;1-2-11-26(12-3-1)28-13-5-7-18-35(28)44(38-19-8-9-24-41-38)27-20-22-36-32(25-27)40-37(45-36)23-21-34(43-40)31-16-10-15-30-29-14-4-6-17-33(29)42-39(30)31;1-2-11-26-24(9-1)10-7-16-33(26)42(36-17-5-6-22-39-36)25-18-20-34-30(23-25)38-35(43-34)21-19-32(41-38)29-14-8-13-28-27-12-3-4-15-31(27)40-37(28)29;;;/h1-27H;1-24H;1-22H;;;/q3*-2;3*+2. The molecule has 12 aromatic heterocycles. The van der Waals surface area contributed by atoms with Crippen molar-refractivity contribution in [3.8, 4) is 50.6 Å². The zero-order valence-corrected chi connectivity index (χ0v) is 81.0. The van der Waals surface area contributed by atoms with Gasteiger partial charge in [-0.3, -0.25) is 15.0 Å². The summed E-state index contributed by atoms with van der Waals surface area (Å²) in [6.45, 7) is 0. The number of para-hydroxylation sites is 8. The van der Waals surface area contributed by atoms with Crippen LogP contribution in [0.15, 0.2) is 452 Å². The van der Waals surface area contributed by atoms with Gasteiger partial charge < -0.3 is 43.1 Å². The molecule has 0 radical (unpaired) electrons. The fourth-order valence-electron chi connectivity index (χ4n) is 19.5. The van der Waals surface area contributed by atoms with Crippen LogP contribution in [0.5, 0.6) is 0 Å². The fourth-order valence-corrected chi connectivity index (χ4v) is 19.5. The molecule has 28 rings (SSSR count). The fraction of sp³-hybridized carbons (Fsp3) is 0. The summed E-state index contributed by atoms with van der Waals surface area (Å²) in [7, 11) is 0. The van der Waals surface area contributed by atoms with Crippen LogP contribution in [0.1, 0.15) is 0 Å². The van der Waals surface area contributed by atoms with Gasteiger partial charge >= 0.3 is 63.2 Å². The molecule has 0 aliphatic carbocycles. The summed E-state index contributed by atoms with van der Waals surface area (Å²) in [6, 6.07) is 156.